The zero-order valence-electron chi connectivity index (χ0n) is 9.37. The van der Waals surface area contributed by atoms with Crippen LogP contribution in [0.4, 0.5) is 5.69 Å². The lowest BCUT2D eigenvalue weighted by atomic mass is 10.2. The van der Waals surface area contributed by atoms with Crippen LogP contribution in [0.15, 0.2) is 22.6 Å². The summed E-state index contributed by atoms with van der Waals surface area (Å²) in [6.45, 7) is 7.15. The Labute approximate surface area is 89.5 Å². The first-order valence-electron chi connectivity index (χ1n) is 5.35. The molecule has 0 bridgehead atoms. The maximum Gasteiger partial charge on any atom is 0.198 e. The Morgan fingerprint density at radius 3 is 2.87 bits per heavy atom. The van der Waals surface area contributed by atoms with E-state index < -0.39 is 0 Å². The zero-order valence-corrected chi connectivity index (χ0v) is 9.37. The maximum atomic E-state index is 5.62. The number of hydrogen-bond acceptors (Lipinski definition) is 3. The highest BCUT2D eigenvalue weighted by Crippen LogP contribution is 2.23. The van der Waals surface area contributed by atoms with Crippen LogP contribution in [0.1, 0.15) is 32.6 Å². The molecule has 2 aromatic rings. The summed E-state index contributed by atoms with van der Waals surface area (Å²) < 4.78 is 5.62. The first-order chi connectivity index (χ1) is 7.20. The number of nitrogens with zero attached hydrogens (tertiary/aromatic N) is 1. The van der Waals surface area contributed by atoms with Gasteiger partial charge in [0, 0.05) is 18.2 Å². The Kier molecular flexibility index (Phi) is 2.62. The van der Waals surface area contributed by atoms with Gasteiger partial charge in [-0.1, -0.05) is 13.8 Å². The van der Waals surface area contributed by atoms with E-state index in [0.29, 0.717) is 5.92 Å². The van der Waals surface area contributed by atoms with Crippen molar-refractivity contribution in [2.75, 3.05) is 11.9 Å². The van der Waals surface area contributed by atoms with E-state index in [1.807, 2.05) is 18.2 Å². The summed E-state index contributed by atoms with van der Waals surface area (Å²) in [5.41, 5.74) is 2.88. The quantitative estimate of drug-likeness (QED) is 0.832. The Balaban J connectivity index is 2.43. The topological polar surface area (TPSA) is 38.1 Å². The van der Waals surface area contributed by atoms with E-state index in [2.05, 4.69) is 31.1 Å². The van der Waals surface area contributed by atoms with Crippen molar-refractivity contribution >= 4 is 16.8 Å². The van der Waals surface area contributed by atoms with Crippen LogP contribution in [0.25, 0.3) is 11.1 Å². The third-order valence-electron chi connectivity index (χ3n) is 2.28. The second-order valence-electron chi connectivity index (χ2n) is 3.92. The molecule has 1 heterocycles. The molecular formula is C12H16N2O. The van der Waals surface area contributed by atoms with Gasteiger partial charge in [0.05, 0.1) is 0 Å². The molecule has 0 unspecified atom stereocenters. The highest BCUT2D eigenvalue weighted by molar-refractivity contribution is 5.77. The molecule has 0 amide bonds. The molecule has 3 heteroatoms. The molecule has 3 nitrogen and oxygen atoms in total. The molecule has 0 spiro atoms. The normalized spacial score (nSPS) is 11.2. The lowest BCUT2D eigenvalue weighted by Gasteiger charge is -2.00. The van der Waals surface area contributed by atoms with Gasteiger partial charge < -0.3 is 9.73 Å². The standard InChI is InChI=1S/C12H16N2O/c1-4-13-9-5-6-11-10(7-9)14-12(15-11)8(2)3/h5-8,13H,4H2,1-3H3. The molecule has 0 aliphatic rings. The second-order valence-corrected chi connectivity index (χ2v) is 3.92. The van der Waals surface area contributed by atoms with Gasteiger partial charge in [-0.05, 0) is 25.1 Å². The summed E-state index contributed by atoms with van der Waals surface area (Å²) in [6, 6.07) is 6.00. The fourth-order valence-corrected chi connectivity index (χ4v) is 1.51. The summed E-state index contributed by atoms with van der Waals surface area (Å²) >= 11 is 0. The first-order valence-corrected chi connectivity index (χ1v) is 5.35. The van der Waals surface area contributed by atoms with Gasteiger partial charge in [-0.15, -0.1) is 0 Å². The second kappa shape index (κ2) is 3.93. The largest absolute Gasteiger partial charge is 0.440 e. The van der Waals surface area contributed by atoms with Crippen molar-refractivity contribution in [2.24, 2.45) is 0 Å². The number of hydrogen-bond donors (Lipinski definition) is 1. The highest BCUT2D eigenvalue weighted by Gasteiger charge is 2.09. The van der Waals surface area contributed by atoms with Crippen molar-refractivity contribution in [3.63, 3.8) is 0 Å². The lowest BCUT2D eigenvalue weighted by molar-refractivity contribution is 0.501. The molecule has 0 saturated heterocycles. The fourth-order valence-electron chi connectivity index (χ4n) is 1.51. The van der Waals surface area contributed by atoms with Crippen LogP contribution >= 0.6 is 0 Å². The average Bonchev–Trinajstić information content (AvgIpc) is 2.61. The van der Waals surface area contributed by atoms with Crippen molar-refractivity contribution in [1.29, 1.82) is 0 Å². The van der Waals surface area contributed by atoms with E-state index in [1.165, 1.54) is 0 Å². The Morgan fingerprint density at radius 2 is 2.20 bits per heavy atom. The van der Waals surface area contributed by atoms with Crippen molar-refractivity contribution < 1.29 is 4.42 Å². The van der Waals surface area contributed by atoms with E-state index in [9.17, 15) is 0 Å². The number of rotatable bonds is 3. The molecule has 15 heavy (non-hydrogen) atoms. The molecule has 0 aliphatic heterocycles. The Bertz CT molecular complexity index is 460. The predicted molar refractivity (Wildman–Crippen MR) is 62.3 cm³/mol. The van der Waals surface area contributed by atoms with Gasteiger partial charge in [0.25, 0.3) is 0 Å². The number of aromatic nitrogens is 1. The molecule has 1 aromatic heterocycles. The lowest BCUT2D eigenvalue weighted by Crippen LogP contribution is -1.95. The molecule has 80 valence electrons. The number of benzene rings is 1. The predicted octanol–water partition coefficient (Wildman–Crippen LogP) is 3.38. The van der Waals surface area contributed by atoms with Gasteiger partial charge in [0.2, 0.25) is 0 Å². The monoisotopic (exact) mass is 204 g/mol. The van der Waals surface area contributed by atoms with E-state index in [-0.39, 0.29) is 0 Å². The third-order valence-corrected chi connectivity index (χ3v) is 2.28. The first kappa shape index (κ1) is 10.0. The van der Waals surface area contributed by atoms with Gasteiger partial charge in [0.1, 0.15) is 5.52 Å². The van der Waals surface area contributed by atoms with Gasteiger partial charge in [-0.2, -0.15) is 0 Å². The van der Waals surface area contributed by atoms with Crippen LogP contribution in [0.3, 0.4) is 0 Å². The fraction of sp³-hybridized carbons (Fsp3) is 0.417. The van der Waals surface area contributed by atoms with E-state index in [0.717, 1.165) is 29.2 Å². The van der Waals surface area contributed by atoms with Crippen molar-refractivity contribution in [3.8, 4) is 0 Å². The molecule has 1 aromatic carbocycles. The Hall–Kier alpha value is -1.51. The molecule has 2 rings (SSSR count). The van der Waals surface area contributed by atoms with Crippen LogP contribution in [0.2, 0.25) is 0 Å². The zero-order chi connectivity index (χ0) is 10.8. The van der Waals surface area contributed by atoms with Crippen LogP contribution in [-0.4, -0.2) is 11.5 Å². The molecule has 0 saturated carbocycles. The number of fused-ring (bicyclic) bond motifs is 1. The van der Waals surface area contributed by atoms with Gasteiger partial charge in [-0.3, -0.25) is 0 Å². The Morgan fingerprint density at radius 1 is 1.40 bits per heavy atom. The molecule has 0 atom stereocenters. The van der Waals surface area contributed by atoms with Gasteiger partial charge in [0.15, 0.2) is 11.5 Å². The SMILES string of the molecule is CCNc1ccc2oc(C(C)C)nc2c1. The summed E-state index contributed by atoms with van der Waals surface area (Å²) in [4.78, 5) is 4.45. The third kappa shape index (κ3) is 1.96. The number of nitrogens with one attached hydrogen (secondary N) is 1. The van der Waals surface area contributed by atoms with Crippen molar-refractivity contribution in [3.05, 3.63) is 24.1 Å². The van der Waals surface area contributed by atoms with Gasteiger partial charge in [-0.25, -0.2) is 4.98 Å². The summed E-state index contributed by atoms with van der Waals surface area (Å²) in [5, 5.41) is 3.26. The highest BCUT2D eigenvalue weighted by atomic mass is 16.3. The number of oxazole rings is 1. The molecule has 1 N–H and O–H groups in total. The minimum absolute atomic E-state index is 0.333. The van der Waals surface area contributed by atoms with Gasteiger partial charge >= 0.3 is 0 Å². The smallest absolute Gasteiger partial charge is 0.198 e. The van der Waals surface area contributed by atoms with E-state index in [1.54, 1.807) is 0 Å². The maximum absolute atomic E-state index is 5.62. The van der Waals surface area contributed by atoms with Crippen molar-refractivity contribution in [1.82, 2.24) is 4.98 Å². The van der Waals surface area contributed by atoms with E-state index >= 15 is 0 Å². The van der Waals surface area contributed by atoms with Crippen LogP contribution < -0.4 is 5.32 Å². The molecular weight excluding hydrogens is 188 g/mol. The minimum atomic E-state index is 0.333. The molecule has 0 radical (unpaired) electrons. The average molecular weight is 204 g/mol. The summed E-state index contributed by atoms with van der Waals surface area (Å²) in [7, 11) is 0. The van der Waals surface area contributed by atoms with Crippen molar-refractivity contribution in [2.45, 2.75) is 26.7 Å². The molecule has 0 fully saturated rings. The summed E-state index contributed by atoms with van der Waals surface area (Å²) in [6.07, 6.45) is 0. The minimum Gasteiger partial charge on any atom is -0.440 e. The van der Waals surface area contributed by atoms with E-state index in [4.69, 9.17) is 4.42 Å². The van der Waals surface area contributed by atoms with Crippen LogP contribution in [0.5, 0.6) is 0 Å². The number of anilines is 1. The van der Waals surface area contributed by atoms with Crippen LogP contribution in [0, 0.1) is 0 Å². The van der Waals surface area contributed by atoms with Crippen LogP contribution in [-0.2, 0) is 0 Å². The summed E-state index contributed by atoms with van der Waals surface area (Å²) in [5.74, 6) is 1.14. The molecule has 0 aliphatic carbocycles.